The third kappa shape index (κ3) is 3.86. The first kappa shape index (κ1) is 17.3. The minimum atomic E-state index is -1.46. The highest BCUT2D eigenvalue weighted by molar-refractivity contribution is 5.80. The van der Waals surface area contributed by atoms with E-state index in [1.807, 2.05) is 0 Å². The number of rotatable bonds is 6. The number of methoxy groups -OCH3 is 2. The molecule has 6 unspecified atom stereocenters. The second-order valence-electron chi connectivity index (χ2n) is 4.66. The van der Waals surface area contributed by atoms with Crippen molar-refractivity contribution < 1.29 is 33.6 Å². The maximum absolute atomic E-state index is 12.1. The van der Waals surface area contributed by atoms with Gasteiger partial charge in [-0.15, -0.1) is 0 Å². The van der Waals surface area contributed by atoms with Gasteiger partial charge in [0.05, 0.1) is 18.8 Å². The van der Waals surface area contributed by atoms with Crippen molar-refractivity contribution in [3.63, 3.8) is 0 Å². The Bertz CT molecular complexity index is 318. The van der Waals surface area contributed by atoms with Gasteiger partial charge in [-0.2, -0.15) is 0 Å². The lowest BCUT2D eigenvalue weighted by Gasteiger charge is -2.42. The Morgan fingerprint density at radius 2 is 2.10 bits per heavy atom. The van der Waals surface area contributed by atoms with Gasteiger partial charge < -0.3 is 29.7 Å². The van der Waals surface area contributed by atoms with E-state index in [1.54, 1.807) is 6.92 Å². The van der Waals surface area contributed by atoms with Crippen LogP contribution in [-0.2, 0) is 19.0 Å². The zero-order chi connectivity index (χ0) is 15.3. The van der Waals surface area contributed by atoms with Crippen LogP contribution < -0.4 is 5.32 Å². The van der Waals surface area contributed by atoms with E-state index in [-0.39, 0.29) is 6.42 Å². The number of alkyl halides is 1. The maximum Gasteiger partial charge on any atom is 0.249 e. The topological polar surface area (TPSA) is 97.3 Å². The predicted molar refractivity (Wildman–Crippen MR) is 66.7 cm³/mol. The number of carbonyl (C=O) groups excluding carboxylic acids is 1. The van der Waals surface area contributed by atoms with Crippen LogP contribution in [0.3, 0.4) is 0 Å². The average Bonchev–Trinajstić information content (AvgIpc) is 2.42. The van der Waals surface area contributed by atoms with Gasteiger partial charge >= 0.3 is 0 Å². The largest absolute Gasteiger partial charge is 0.388 e. The first-order chi connectivity index (χ1) is 9.46. The Kier molecular flexibility index (Phi) is 6.77. The van der Waals surface area contributed by atoms with Crippen molar-refractivity contribution in [1.82, 2.24) is 5.32 Å². The summed E-state index contributed by atoms with van der Waals surface area (Å²) >= 11 is 0. The normalized spacial score (nSPS) is 35.6. The fraction of sp³-hybridized carbons (Fsp3) is 0.917. The molecule has 0 spiro atoms. The number of amides is 1. The molecular formula is C12H22FNO6. The molecule has 0 saturated carbocycles. The number of aliphatic hydroxyl groups is 2. The Morgan fingerprint density at radius 1 is 1.45 bits per heavy atom. The lowest BCUT2D eigenvalue weighted by Crippen LogP contribution is -2.64. The van der Waals surface area contributed by atoms with Gasteiger partial charge in [0.2, 0.25) is 5.91 Å². The Hall–Kier alpha value is -0.800. The summed E-state index contributed by atoms with van der Waals surface area (Å²) in [5.74, 6) is -0.757. The molecule has 1 amide bonds. The van der Waals surface area contributed by atoms with Crippen molar-refractivity contribution in [3.05, 3.63) is 0 Å². The van der Waals surface area contributed by atoms with Crippen LogP contribution in [0.1, 0.15) is 13.3 Å². The summed E-state index contributed by atoms with van der Waals surface area (Å²) in [4.78, 5) is 11.7. The van der Waals surface area contributed by atoms with E-state index in [4.69, 9.17) is 14.2 Å². The lowest BCUT2D eigenvalue weighted by atomic mass is 9.96. The molecule has 6 atom stereocenters. The monoisotopic (exact) mass is 295 g/mol. The molecule has 0 radical (unpaired) electrons. The van der Waals surface area contributed by atoms with E-state index in [0.29, 0.717) is 0 Å². The second-order valence-corrected chi connectivity index (χ2v) is 4.66. The molecule has 118 valence electrons. The van der Waals surface area contributed by atoms with Crippen molar-refractivity contribution in [2.24, 2.45) is 0 Å². The molecule has 20 heavy (non-hydrogen) atoms. The molecule has 0 aromatic heterocycles. The third-order valence-electron chi connectivity index (χ3n) is 3.33. The molecule has 1 saturated heterocycles. The number of nitrogens with one attached hydrogen (secondary N) is 1. The zero-order valence-corrected chi connectivity index (χ0v) is 11.8. The molecule has 1 aliphatic rings. The highest BCUT2D eigenvalue weighted by atomic mass is 19.1. The molecule has 1 fully saturated rings. The summed E-state index contributed by atoms with van der Waals surface area (Å²) in [6.07, 6.45) is -4.91. The fourth-order valence-corrected chi connectivity index (χ4v) is 2.15. The van der Waals surface area contributed by atoms with E-state index in [0.717, 1.165) is 0 Å². The van der Waals surface area contributed by atoms with E-state index >= 15 is 0 Å². The Morgan fingerprint density at radius 3 is 2.60 bits per heavy atom. The minimum absolute atomic E-state index is 0.293. The molecular weight excluding hydrogens is 273 g/mol. The van der Waals surface area contributed by atoms with Crippen LogP contribution in [0.15, 0.2) is 0 Å². The molecule has 0 bridgehead atoms. The number of hydrogen-bond acceptors (Lipinski definition) is 6. The van der Waals surface area contributed by atoms with Crippen molar-refractivity contribution >= 4 is 5.91 Å². The highest BCUT2D eigenvalue weighted by Crippen LogP contribution is 2.23. The van der Waals surface area contributed by atoms with Crippen molar-refractivity contribution in [1.29, 1.82) is 0 Å². The molecule has 1 heterocycles. The summed E-state index contributed by atoms with van der Waals surface area (Å²) in [5.41, 5.74) is 0. The second kappa shape index (κ2) is 7.84. The van der Waals surface area contributed by atoms with Crippen LogP contribution >= 0.6 is 0 Å². The van der Waals surface area contributed by atoms with E-state index < -0.39 is 49.3 Å². The van der Waals surface area contributed by atoms with E-state index in [9.17, 15) is 19.4 Å². The molecule has 8 heteroatoms. The van der Waals surface area contributed by atoms with Crippen LogP contribution in [-0.4, -0.2) is 73.8 Å². The van der Waals surface area contributed by atoms with Gasteiger partial charge in [0.1, 0.15) is 18.3 Å². The summed E-state index contributed by atoms with van der Waals surface area (Å²) < 4.78 is 27.7. The van der Waals surface area contributed by atoms with Crippen LogP contribution in [0.5, 0.6) is 0 Å². The Balaban J connectivity index is 2.71. The van der Waals surface area contributed by atoms with Crippen LogP contribution in [0.4, 0.5) is 4.39 Å². The van der Waals surface area contributed by atoms with E-state index in [2.05, 4.69) is 5.32 Å². The quantitative estimate of drug-likeness (QED) is 0.579. The average molecular weight is 295 g/mol. The molecule has 0 aromatic rings. The third-order valence-corrected chi connectivity index (χ3v) is 3.33. The Labute approximate surface area is 117 Å². The summed E-state index contributed by atoms with van der Waals surface area (Å²) in [6.45, 7) is 0.841. The number of ether oxygens (including phenoxy) is 3. The number of aliphatic hydroxyl groups excluding tert-OH is 2. The standard InChI is InChI=1S/C12H22FNO6/c1-6-8(14-11(17)7(15)4-5-13)9(16)10(18-2)12(19-3)20-6/h6-10,12,15-16H,4-5H2,1-3H3,(H,14,17). The van der Waals surface area contributed by atoms with E-state index in [1.165, 1.54) is 14.2 Å². The minimum Gasteiger partial charge on any atom is -0.388 e. The fourth-order valence-electron chi connectivity index (χ4n) is 2.15. The molecule has 0 aliphatic carbocycles. The van der Waals surface area contributed by atoms with Crippen LogP contribution in [0, 0.1) is 0 Å². The van der Waals surface area contributed by atoms with Crippen molar-refractivity contribution in [3.8, 4) is 0 Å². The molecule has 1 rings (SSSR count). The lowest BCUT2D eigenvalue weighted by molar-refractivity contribution is -0.269. The maximum atomic E-state index is 12.1. The SMILES string of the molecule is COC1OC(C)C(NC(=O)C(O)CCF)C(O)C1OC. The zero-order valence-electron chi connectivity index (χ0n) is 11.8. The first-order valence-corrected chi connectivity index (χ1v) is 6.39. The van der Waals surface area contributed by atoms with Gasteiger partial charge in [0, 0.05) is 20.6 Å². The van der Waals surface area contributed by atoms with Crippen molar-refractivity contribution in [2.45, 2.75) is 50.1 Å². The number of carbonyl (C=O) groups is 1. The van der Waals surface area contributed by atoms with Gasteiger partial charge in [-0.1, -0.05) is 0 Å². The van der Waals surface area contributed by atoms with Gasteiger partial charge in [-0.25, -0.2) is 0 Å². The molecule has 0 aromatic carbocycles. The number of halogens is 1. The van der Waals surface area contributed by atoms with Crippen LogP contribution in [0.25, 0.3) is 0 Å². The predicted octanol–water partition coefficient (Wildman–Crippen LogP) is -1.04. The van der Waals surface area contributed by atoms with Crippen molar-refractivity contribution in [2.75, 3.05) is 20.9 Å². The summed E-state index contributed by atoms with van der Waals surface area (Å²) in [5, 5.41) is 22.1. The van der Waals surface area contributed by atoms with Crippen LogP contribution in [0.2, 0.25) is 0 Å². The first-order valence-electron chi connectivity index (χ1n) is 6.39. The van der Waals surface area contributed by atoms with Gasteiger partial charge in [-0.05, 0) is 6.92 Å². The molecule has 7 nitrogen and oxygen atoms in total. The van der Waals surface area contributed by atoms with Gasteiger partial charge in [0.15, 0.2) is 6.29 Å². The summed E-state index contributed by atoms with van der Waals surface area (Å²) in [7, 11) is 2.80. The highest BCUT2D eigenvalue weighted by Gasteiger charge is 2.45. The molecule has 1 aliphatic heterocycles. The number of hydrogen-bond donors (Lipinski definition) is 3. The van der Waals surface area contributed by atoms with Gasteiger partial charge in [0.25, 0.3) is 0 Å². The summed E-state index contributed by atoms with van der Waals surface area (Å²) in [6, 6.07) is -0.784. The smallest absolute Gasteiger partial charge is 0.249 e. The molecule has 3 N–H and O–H groups in total. The van der Waals surface area contributed by atoms with Gasteiger partial charge in [-0.3, -0.25) is 9.18 Å².